The molecule has 0 atom stereocenters. The van der Waals surface area contributed by atoms with E-state index in [0.717, 1.165) is 11.1 Å². The number of hydrogen-bond acceptors (Lipinski definition) is 5. The van der Waals surface area contributed by atoms with Crippen molar-refractivity contribution in [2.75, 3.05) is 20.8 Å². The van der Waals surface area contributed by atoms with Gasteiger partial charge in [0, 0.05) is 0 Å². The molecule has 0 amide bonds. The molecule has 0 aliphatic rings. The summed E-state index contributed by atoms with van der Waals surface area (Å²) in [6, 6.07) is 1.50. The minimum Gasteiger partial charge on any atom is -0.496 e. The quantitative estimate of drug-likeness (QED) is 0.464. The van der Waals surface area contributed by atoms with E-state index in [1.165, 1.54) is 20.3 Å². The Bertz CT molecular complexity index is 505. The van der Waals surface area contributed by atoms with Crippen molar-refractivity contribution >= 4 is 11.8 Å². The van der Waals surface area contributed by atoms with Crippen molar-refractivity contribution in [3.8, 4) is 11.5 Å². The van der Waals surface area contributed by atoms with E-state index in [4.69, 9.17) is 14.2 Å². The van der Waals surface area contributed by atoms with Gasteiger partial charge in [0.2, 0.25) is 0 Å². The monoisotopic (exact) mass is 266 g/mol. The lowest BCUT2D eigenvalue weighted by molar-refractivity contribution is -0.137. The number of methoxy groups -OCH3 is 2. The van der Waals surface area contributed by atoms with Crippen molar-refractivity contribution in [1.29, 1.82) is 0 Å². The highest BCUT2D eigenvalue weighted by Crippen LogP contribution is 2.33. The number of carbonyl (C=O) groups excluding carboxylic acids is 2. The Morgan fingerprint density at radius 2 is 1.74 bits per heavy atom. The standard InChI is InChI=1S/C14H18O5/c1-6-19-14(16)12(15)10-7-11(17-4)8(2)9(3)13(10)18-5/h7H,6H2,1-5H3. The molecule has 0 bridgehead atoms. The van der Waals surface area contributed by atoms with Gasteiger partial charge in [0.25, 0.3) is 5.78 Å². The molecule has 104 valence electrons. The van der Waals surface area contributed by atoms with Gasteiger partial charge < -0.3 is 14.2 Å². The predicted molar refractivity (Wildman–Crippen MR) is 70.0 cm³/mol. The maximum absolute atomic E-state index is 12.0. The van der Waals surface area contributed by atoms with E-state index in [2.05, 4.69) is 0 Å². The Kier molecular flexibility index (Phi) is 4.92. The van der Waals surface area contributed by atoms with Gasteiger partial charge in [-0.15, -0.1) is 0 Å². The summed E-state index contributed by atoms with van der Waals surface area (Å²) >= 11 is 0. The normalized spacial score (nSPS) is 9.95. The molecule has 0 saturated carbocycles. The summed E-state index contributed by atoms with van der Waals surface area (Å²) in [5.41, 5.74) is 1.77. The second-order valence-corrected chi connectivity index (χ2v) is 3.96. The van der Waals surface area contributed by atoms with Crippen molar-refractivity contribution < 1.29 is 23.8 Å². The molecule has 19 heavy (non-hydrogen) atoms. The van der Waals surface area contributed by atoms with Crippen molar-refractivity contribution in [3.05, 3.63) is 22.8 Å². The van der Waals surface area contributed by atoms with Crippen LogP contribution in [-0.2, 0) is 9.53 Å². The van der Waals surface area contributed by atoms with Gasteiger partial charge >= 0.3 is 5.97 Å². The molecule has 1 aromatic rings. The molecule has 0 aliphatic carbocycles. The van der Waals surface area contributed by atoms with Crippen LogP contribution >= 0.6 is 0 Å². The first-order valence-corrected chi connectivity index (χ1v) is 5.91. The molecule has 1 aromatic carbocycles. The second kappa shape index (κ2) is 6.22. The summed E-state index contributed by atoms with van der Waals surface area (Å²) in [4.78, 5) is 23.6. The number of ketones is 1. The molecule has 5 nitrogen and oxygen atoms in total. The van der Waals surface area contributed by atoms with Gasteiger partial charge in [0.15, 0.2) is 0 Å². The van der Waals surface area contributed by atoms with Crippen LogP contribution in [0.4, 0.5) is 0 Å². The Labute approximate surface area is 112 Å². The highest BCUT2D eigenvalue weighted by atomic mass is 16.5. The molecule has 1 rings (SSSR count). The topological polar surface area (TPSA) is 61.8 Å². The zero-order chi connectivity index (χ0) is 14.6. The van der Waals surface area contributed by atoms with Crippen molar-refractivity contribution in [1.82, 2.24) is 0 Å². The second-order valence-electron chi connectivity index (χ2n) is 3.96. The smallest absolute Gasteiger partial charge is 0.379 e. The van der Waals surface area contributed by atoms with Crippen LogP contribution in [-0.4, -0.2) is 32.6 Å². The highest BCUT2D eigenvalue weighted by Gasteiger charge is 2.25. The number of esters is 1. The van der Waals surface area contributed by atoms with E-state index in [1.807, 2.05) is 6.92 Å². The molecule has 0 unspecified atom stereocenters. The SMILES string of the molecule is CCOC(=O)C(=O)c1cc(OC)c(C)c(C)c1OC. The van der Waals surface area contributed by atoms with E-state index >= 15 is 0 Å². The Morgan fingerprint density at radius 1 is 1.11 bits per heavy atom. The molecular weight excluding hydrogens is 248 g/mol. The van der Waals surface area contributed by atoms with Gasteiger partial charge in [-0.3, -0.25) is 4.79 Å². The summed E-state index contributed by atoms with van der Waals surface area (Å²) in [5.74, 6) is -0.728. The summed E-state index contributed by atoms with van der Waals surface area (Å²) in [5, 5.41) is 0. The molecule has 0 heterocycles. The van der Waals surface area contributed by atoms with E-state index in [1.54, 1.807) is 13.8 Å². The van der Waals surface area contributed by atoms with Gasteiger partial charge in [0.05, 0.1) is 26.4 Å². The highest BCUT2D eigenvalue weighted by molar-refractivity contribution is 6.41. The maximum Gasteiger partial charge on any atom is 0.379 e. The largest absolute Gasteiger partial charge is 0.496 e. The third-order valence-electron chi connectivity index (χ3n) is 2.92. The minimum absolute atomic E-state index is 0.148. The molecule has 0 radical (unpaired) electrons. The number of benzene rings is 1. The van der Waals surface area contributed by atoms with E-state index < -0.39 is 11.8 Å². The Balaban J connectivity index is 3.37. The minimum atomic E-state index is -0.897. The fourth-order valence-corrected chi connectivity index (χ4v) is 1.81. The molecule has 0 fully saturated rings. The molecule has 0 spiro atoms. The maximum atomic E-state index is 12.0. The predicted octanol–water partition coefficient (Wildman–Crippen LogP) is 2.07. The van der Waals surface area contributed by atoms with E-state index in [-0.39, 0.29) is 12.2 Å². The van der Waals surface area contributed by atoms with Gasteiger partial charge in [-0.1, -0.05) is 0 Å². The lowest BCUT2D eigenvalue weighted by atomic mass is 10.00. The molecule has 5 heteroatoms. The summed E-state index contributed by atoms with van der Waals surface area (Å²) in [7, 11) is 2.96. The average molecular weight is 266 g/mol. The molecular formula is C14H18O5. The molecule has 0 N–H and O–H groups in total. The van der Waals surface area contributed by atoms with Crippen LogP contribution < -0.4 is 9.47 Å². The first kappa shape index (κ1) is 15.0. The Hall–Kier alpha value is -2.04. The van der Waals surface area contributed by atoms with Crippen molar-refractivity contribution in [3.63, 3.8) is 0 Å². The van der Waals surface area contributed by atoms with Crippen LogP contribution in [0.1, 0.15) is 28.4 Å². The number of hydrogen-bond donors (Lipinski definition) is 0. The fourth-order valence-electron chi connectivity index (χ4n) is 1.81. The first-order valence-electron chi connectivity index (χ1n) is 5.91. The molecule has 0 saturated heterocycles. The Morgan fingerprint density at radius 3 is 2.21 bits per heavy atom. The summed E-state index contributed by atoms with van der Waals surface area (Å²) in [6.45, 7) is 5.45. The van der Waals surface area contributed by atoms with Crippen LogP contribution in [0.2, 0.25) is 0 Å². The average Bonchev–Trinajstić information content (AvgIpc) is 2.41. The van der Waals surface area contributed by atoms with Crippen LogP contribution in [0.15, 0.2) is 6.07 Å². The first-order chi connectivity index (χ1) is 8.97. The lowest BCUT2D eigenvalue weighted by Crippen LogP contribution is -2.19. The number of carbonyl (C=O) groups is 2. The zero-order valence-electron chi connectivity index (χ0n) is 11.8. The van der Waals surface area contributed by atoms with Gasteiger partial charge in [-0.05, 0) is 38.0 Å². The van der Waals surface area contributed by atoms with Crippen LogP contribution in [0, 0.1) is 13.8 Å². The third kappa shape index (κ3) is 2.86. The van der Waals surface area contributed by atoms with Gasteiger partial charge in [0.1, 0.15) is 11.5 Å². The van der Waals surface area contributed by atoms with E-state index in [9.17, 15) is 9.59 Å². The van der Waals surface area contributed by atoms with Crippen LogP contribution in [0.5, 0.6) is 11.5 Å². The fraction of sp³-hybridized carbons (Fsp3) is 0.429. The number of Topliss-reactive ketones (excluding diaryl/α,β-unsaturated/α-hetero) is 1. The van der Waals surface area contributed by atoms with Crippen LogP contribution in [0.25, 0.3) is 0 Å². The third-order valence-corrected chi connectivity index (χ3v) is 2.92. The summed E-state index contributed by atoms with van der Waals surface area (Å²) < 4.78 is 15.1. The molecule has 0 aliphatic heterocycles. The van der Waals surface area contributed by atoms with Gasteiger partial charge in [-0.25, -0.2) is 4.79 Å². The van der Waals surface area contributed by atoms with Gasteiger partial charge in [-0.2, -0.15) is 0 Å². The number of rotatable bonds is 5. The lowest BCUT2D eigenvalue weighted by Gasteiger charge is -2.15. The zero-order valence-corrected chi connectivity index (χ0v) is 11.8. The summed E-state index contributed by atoms with van der Waals surface area (Å²) in [6.07, 6.45) is 0. The van der Waals surface area contributed by atoms with Crippen LogP contribution in [0.3, 0.4) is 0 Å². The van der Waals surface area contributed by atoms with E-state index in [0.29, 0.717) is 11.5 Å². The molecule has 0 aromatic heterocycles. The number of ether oxygens (including phenoxy) is 3. The van der Waals surface area contributed by atoms with Crippen molar-refractivity contribution in [2.24, 2.45) is 0 Å². The van der Waals surface area contributed by atoms with Crippen molar-refractivity contribution in [2.45, 2.75) is 20.8 Å².